The molecule has 0 spiro atoms. The number of hydrogen-bond donors (Lipinski definition) is 2. The maximum atomic E-state index is 13.5. The van der Waals surface area contributed by atoms with E-state index in [1.165, 1.54) is 6.07 Å². The van der Waals surface area contributed by atoms with Crippen LogP contribution in [0.25, 0.3) is 0 Å². The van der Waals surface area contributed by atoms with Crippen molar-refractivity contribution < 1.29 is 8.78 Å². The van der Waals surface area contributed by atoms with Gasteiger partial charge in [0.05, 0.1) is 0 Å². The number of guanidine groups is 1. The summed E-state index contributed by atoms with van der Waals surface area (Å²) in [4.78, 5) is 8.37. The molecule has 128 valence electrons. The number of pyridine rings is 1. The average Bonchev–Trinajstić information content (AvgIpc) is 2.58. The van der Waals surface area contributed by atoms with Crippen molar-refractivity contribution in [3.8, 4) is 0 Å². The normalized spacial score (nSPS) is 11.4. The van der Waals surface area contributed by atoms with Gasteiger partial charge in [0, 0.05) is 32.0 Å². The second-order valence-corrected chi connectivity index (χ2v) is 5.47. The highest BCUT2D eigenvalue weighted by atomic mass is 19.1. The lowest BCUT2D eigenvalue weighted by atomic mass is 10.1. The van der Waals surface area contributed by atoms with Crippen LogP contribution in [0.2, 0.25) is 0 Å². The third-order valence-electron chi connectivity index (χ3n) is 3.60. The standard InChI is InChI=1S/C18H22F2N4/c1-13-3-4-14(12-24-13)7-9-22-18(21-2)23-10-8-15-11-16(19)5-6-17(15)20/h3-6,11-12H,7-10H2,1-2H3,(H2,21,22,23). The number of aliphatic imine (C=N–C) groups is 1. The number of rotatable bonds is 6. The topological polar surface area (TPSA) is 49.3 Å². The number of benzene rings is 1. The van der Waals surface area contributed by atoms with Gasteiger partial charge >= 0.3 is 0 Å². The molecular weight excluding hydrogens is 310 g/mol. The van der Waals surface area contributed by atoms with Gasteiger partial charge in [-0.2, -0.15) is 0 Å². The molecule has 0 fully saturated rings. The highest BCUT2D eigenvalue weighted by Gasteiger charge is 2.04. The summed E-state index contributed by atoms with van der Waals surface area (Å²) in [5.41, 5.74) is 2.49. The van der Waals surface area contributed by atoms with Gasteiger partial charge in [-0.25, -0.2) is 8.78 Å². The average molecular weight is 332 g/mol. The molecule has 0 aliphatic carbocycles. The van der Waals surface area contributed by atoms with Gasteiger partial charge < -0.3 is 10.6 Å². The Kier molecular flexibility index (Phi) is 6.66. The fourth-order valence-corrected chi connectivity index (χ4v) is 2.24. The fourth-order valence-electron chi connectivity index (χ4n) is 2.24. The Balaban J connectivity index is 1.74. The van der Waals surface area contributed by atoms with Crippen LogP contribution in [0.1, 0.15) is 16.8 Å². The summed E-state index contributed by atoms with van der Waals surface area (Å²) >= 11 is 0. The predicted octanol–water partition coefficient (Wildman–Crippen LogP) is 2.62. The minimum Gasteiger partial charge on any atom is -0.356 e. The van der Waals surface area contributed by atoms with Gasteiger partial charge in [-0.15, -0.1) is 0 Å². The maximum Gasteiger partial charge on any atom is 0.190 e. The number of hydrogen-bond acceptors (Lipinski definition) is 2. The molecule has 2 N–H and O–H groups in total. The van der Waals surface area contributed by atoms with Crippen molar-refractivity contribution in [2.75, 3.05) is 20.1 Å². The van der Waals surface area contributed by atoms with E-state index in [4.69, 9.17) is 0 Å². The molecule has 0 aliphatic heterocycles. The van der Waals surface area contributed by atoms with Gasteiger partial charge in [0.2, 0.25) is 0 Å². The van der Waals surface area contributed by atoms with Crippen molar-refractivity contribution in [2.45, 2.75) is 19.8 Å². The van der Waals surface area contributed by atoms with Crippen LogP contribution in [-0.4, -0.2) is 31.1 Å². The van der Waals surface area contributed by atoms with E-state index in [2.05, 4.69) is 20.6 Å². The molecule has 0 atom stereocenters. The second kappa shape index (κ2) is 8.96. The third-order valence-corrected chi connectivity index (χ3v) is 3.60. The van der Waals surface area contributed by atoms with Gasteiger partial charge in [-0.3, -0.25) is 9.98 Å². The molecule has 1 aromatic carbocycles. The zero-order chi connectivity index (χ0) is 17.4. The highest BCUT2D eigenvalue weighted by Crippen LogP contribution is 2.09. The number of aromatic nitrogens is 1. The van der Waals surface area contributed by atoms with Gasteiger partial charge in [0.15, 0.2) is 5.96 Å². The van der Waals surface area contributed by atoms with E-state index in [-0.39, 0.29) is 0 Å². The summed E-state index contributed by atoms with van der Waals surface area (Å²) in [6.45, 7) is 3.13. The lowest BCUT2D eigenvalue weighted by Gasteiger charge is -2.12. The minimum atomic E-state index is -0.430. The van der Waals surface area contributed by atoms with Crippen molar-refractivity contribution in [2.24, 2.45) is 4.99 Å². The molecule has 2 rings (SSSR count). The summed E-state index contributed by atoms with van der Waals surface area (Å²) < 4.78 is 26.7. The smallest absolute Gasteiger partial charge is 0.190 e. The fraction of sp³-hybridized carbons (Fsp3) is 0.333. The first kappa shape index (κ1) is 17.8. The van der Waals surface area contributed by atoms with Gasteiger partial charge in [-0.05, 0) is 55.2 Å². The van der Waals surface area contributed by atoms with E-state index in [0.717, 1.165) is 29.8 Å². The Morgan fingerprint density at radius 3 is 2.50 bits per heavy atom. The molecule has 1 heterocycles. The van der Waals surface area contributed by atoms with Crippen molar-refractivity contribution in [1.29, 1.82) is 0 Å². The highest BCUT2D eigenvalue weighted by molar-refractivity contribution is 5.79. The van der Waals surface area contributed by atoms with Gasteiger partial charge in [0.25, 0.3) is 0 Å². The molecule has 0 bridgehead atoms. The zero-order valence-corrected chi connectivity index (χ0v) is 13.9. The summed E-state index contributed by atoms with van der Waals surface area (Å²) in [7, 11) is 1.67. The lowest BCUT2D eigenvalue weighted by Crippen LogP contribution is -2.39. The maximum absolute atomic E-state index is 13.5. The van der Waals surface area contributed by atoms with E-state index in [0.29, 0.717) is 31.0 Å². The Hall–Kier alpha value is -2.50. The van der Waals surface area contributed by atoms with Crippen LogP contribution >= 0.6 is 0 Å². The first-order chi connectivity index (χ1) is 11.6. The lowest BCUT2D eigenvalue weighted by molar-refractivity contribution is 0.583. The first-order valence-electron chi connectivity index (χ1n) is 7.88. The van der Waals surface area contributed by atoms with Crippen molar-refractivity contribution in [3.63, 3.8) is 0 Å². The Bertz CT molecular complexity index is 684. The number of nitrogens with one attached hydrogen (secondary N) is 2. The summed E-state index contributed by atoms with van der Waals surface area (Å²) in [6, 6.07) is 7.51. The van der Waals surface area contributed by atoms with E-state index in [9.17, 15) is 8.78 Å². The van der Waals surface area contributed by atoms with E-state index >= 15 is 0 Å². The molecule has 4 nitrogen and oxygen atoms in total. The molecule has 0 saturated carbocycles. The van der Waals surface area contributed by atoms with E-state index in [1.807, 2.05) is 25.3 Å². The number of halogens is 2. The van der Waals surface area contributed by atoms with Crippen LogP contribution in [-0.2, 0) is 12.8 Å². The molecule has 24 heavy (non-hydrogen) atoms. The van der Waals surface area contributed by atoms with Crippen LogP contribution in [0.4, 0.5) is 8.78 Å². The van der Waals surface area contributed by atoms with Crippen LogP contribution in [0.5, 0.6) is 0 Å². The molecule has 0 radical (unpaired) electrons. The summed E-state index contributed by atoms with van der Waals surface area (Å²) in [5.74, 6) is -0.194. The Morgan fingerprint density at radius 2 is 1.83 bits per heavy atom. The third kappa shape index (κ3) is 5.61. The Labute approximate surface area is 141 Å². The zero-order valence-electron chi connectivity index (χ0n) is 13.9. The van der Waals surface area contributed by atoms with Crippen LogP contribution < -0.4 is 10.6 Å². The largest absolute Gasteiger partial charge is 0.356 e. The minimum absolute atomic E-state index is 0.351. The monoisotopic (exact) mass is 332 g/mol. The van der Waals surface area contributed by atoms with Gasteiger partial charge in [0.1, 0.15) is 11.6 Å². The molecule has 0 amide bonds. The van der Waals surface area contributed by atoms with E-state index < -0.39 is 11.6 Å². The van der Waals surface area contributed by atoms with Crippen LogP contribution in [0, 0.1) is 18.6 Å². The molecule has 0 aliphatic rings. The molecule has 0 unspecified atom stereocenters. The van der Waals surface area contributed by atoms with Crippen LogP contribution in [0.15, 0.2) is 41.5 Å². The molecule has 0 saturated heterocycles. The Morgan fingerprint density at radius 1 is 1.08 bits per heavy atom. The molecule has 6 heteroatoms. The number of nitrogens with zero attached hydrogens (tertiary/aromatic N) is 2. The predicted molar refractivity (Wildman–Crippen MR) is 92.1 cm³/mol. The first-order valence-corrected chi connectivity index (χ1v) is 7.88. The molecule has 1 aromatic heterocycles. The molecule has 2 aromatic rings. The van der Waals surface area contributed by atoms with Crippen LogP contribution in [0.3, 0.4) is 0 Å². The summed E-state index contributed by atoms with van der Waals surface area (Å²) in [6.07, 6.45) is 3.07. The SMILES string of the molecule is CN=C(NCCc1ccc(C)nc1)NCCc1cc(F)ccc1F. The molecular formula is C18H22F2N4. The van der Waals surface area contributed by atoms with Crippen molar-refractivity contribution in [3.05, 3.63) is 65.0 Å². The van der Waals surface area contributed by atoms with E-state index in [1.54, 1.807) is 7.05 Å². The van der Waals surface area contributed by atoms with Crippen molar-refractivity contribution >= 4 is 5.96 Å². The van der Waals surface area contributed by atoms with Crippen molar-refractivity contribution in [1.82, 2.24) is 15.6 Å². The number of aryl methyl sites for hydroxylation is 1. The van der Waals surface area contributed by atoms with Gasteiger partial charge in [-0.1, -0.05) is 6.07 Å². The second-order valence-electron chi connectivity index (χ2n) is 5.47. The quantitative estimate of drug-likeness (QED) is 0.631. The summed E-state index contributed by atoms with van der Waals surface area (Å²) in [5, 5.41) is 6.28.